The van der Waals surface area contributed by atoms with Gasteiger partial charge in [0.1, 0.15) is 0 Å². The van der Waals surface area contributed by atoms with E-state index in [9.17, 15) is 22.8 Å². The molecule has 1 N–H and O–H groups in total. The molecule has 0 bridgehead atoms. The third-order valence-corrected chi connectivity index (χ3v) is 5.73. The molecule has 1 heterocycles. The van der Waals surface area contributed by atoms with Gasteiger partial charge in [-0.15, -0.1) is 0 Å². The minimum atomic E-state index is -4.60. The van der Waals surface area contributed by atoms with Gasteiger partial charge in [-0.25, -0.2) is 9.48 Å². The zero-order valence-corrected chi connectivity index (χ0v) is 20.8. The van der Waals surface area contributed by atoms with Crippen molar-refractivity contribution < 1.29 is 27.5 Å². The highest BCUT2D eigenvalue weighted by molar-refractivity contribution is 6.33. The molecule has 0 spiro atoms. The zero-order chi connectivity index (χ0) is 27.3. The number of carbonyl (C=O) groups is 2. The molecule has 0 aliphatic rings. The molecular weight excluding hydrogens is 519 g/mol. The smallest absolute Gasteiger partial charge is 0.416 e. The first-order valence-electron chi connectivity index (χ1n) is 11.3. The van der Waals surface area contributed by atoms with Gasteiger partial charge in [0.05, 0.1) is 27.7 Å². The quantitative estimate of drug-likeness (QED) is 0.209. The van der Waals surface area contributed by atoms with Crippen LogP contribution in [0.5, 0.6) is 0 Å². The van der Waals surface area contributed by atoms with Crippen LogP contribution in [0.25, 0.3) is 23.0 Å². The van der Waals surface area contributed by atoms with Crippen molar-refractivity contribution in [1.29, 1.82) is 0 Å². The van der Waals surface area contributed by atoms with Crippen LogP contribution in [-0.4, -0.2) is 28.3 Å². The van der Waals surface area contributed by atoms with Gasteiger partial charge in [-0.05, 0) is 43.3 Å². The van der Waals surface area contributed by atoms with E-state index in [1.165, 1.54) is 6.08 Å². The lowest BCUT2D eigenvalue weighted by Gasteiger charge is -2.11. The molecule has 0 saturated carbocycles. The van der Waals surface area contributed by atoms with Crippen molar-refractivity contribution in [3.8, 4) is 16.9 Å². The van der Waals surface area contributed by atoms with Crippen molar-refractivity contribution in [1.82, 2.24) is 9.78 Å². The molecule has 0 fully saturated rings. The summed E-state index contributed by atoms with van der Waals surface area (Å²) < 4.78 is 45.4. The monoisotopic (exact) mass is 539 g/mol. The molecule has 0 aliphatic carbocycles. The molecule has 0 saturated heterocycles. The predicted octanol–water partition coefficient (Wildman–Crippen LogP) is 6.72. The molecule has 194 valence electrons. The van der Waals surface area contributed by atoms with Gasteiger partial charge in [0.25, 0.3) is 5.91 Å². The molecule has 1 amide bonds. The first-order chi connectivity index (χ1) is 18.1. The van der Waals surface area contributed by atoms with Gasteiger partial charge >= 0.3 is 12.1 Å². The maximum atomic E-state index is 12.9. The molecule has 0 radical (unpaired) electrons. The van der Waals surface area contributed by atoms with E-state index in [2.05, 4.69) is 10.4 Å². The van der Waals surface area contributed by atoms with Crippen LogP contribution < -0.4 is 5.32 Å². The summed E-state index contributed by atoms with van der Waals surface area (Å²) in [6.45, 7) is 1.25. The number of nitrogens with one attached hydrogen (secondary N) is 1. The maximum Gasteiger partial charge on any atom is 0.416 e. The van der Waals surface area contributed by atoms with E-state index >= 15 is 0 Å². The van der Waals surface area contributed by atoms with E-state index in [0.29, 0.717) is 17.3 Å². The number of nitrogens with zero attached hydrogens (tertiary/aromatic N) is 2. The molecule has 10 heteroatoms. The third-order valence-electron chi connectivity index (χ3n) is 5.40. The maximum absolute atomic E-state index is 12.9. The van der Waals surface area contributed by atoms with E-state index in [-0.39, 0.29) is 10.7 Å². The molecule has 1 aromatic heterocycles. The van der Waals surface area contributed by atoms with Crippen LogP contribution in [0.2, 0.25) is 5.02 Å². The Morgan fingerprint density at radius 1 is 1.05 bits per heavy atom. The number of esters is 1. The highest BCUT2D eigenvalue weighted by Gasteiger charge is 2.31. The Morgan fingerprint density at radius 3 is 2.45 bits per heavy atom. The van der Waals surface area contributed by atoms with Crippen LogP contribution in [-0.2, 0) is 20.5 Å². The number of aromatic nitrogens is 2. The number of amides is 1. The number of benzene rings is 3. The van der Waals surface area contributed by atoms with Crippen LogP contribution in [0.15, 0.2) is 85.1 Å². The number of anilines is 1. The number of carbonyl (C=O) groups excluding carboxylic acids is 2. The second kappa shape index (κ2) is 11.4. The average Bonchev–Trinajstić information content (AvgIpc) is 3.32. The summed E-state index contributed by atoms with van der Waals surface area (Å²) in [4.78, 5) is 24.5. The second-order valence-corrected chi connectivity index (χ2v) is 8.67. The van der Waals surface area contributed by atoms with Crippen LogP contribution >= 0.6 is 11.6 Å². The summed E-state index contributed by atoms with van der Waals surface area (Å²) in [7, 11) is 0. The van der Waals surface area contributed by atoms with Crippen molar-refractivity contribution >= 4 is 35.2 Å². The number of ether oxygens (including phenoxy) is 1. The van der Waals surface area contributed by atoms with Crippen molar-refractivity contribution in [2.45, 2.75) is 13.1 Å². The van der Waals surface area contributed by atoms with Crippen LogP contribution in [0, 0.1) is 6.92 Å². The van der Waals surface area contributed by atoms with Gasteiger partial charge in [-0.2, -0.15) is 18.3 Å². The molecule has 6 nitrogen and oxygen atoms in total. The van der Waals surface area contributed by atoms with Crippen LogP contribution in [0.1, 0.15) is 16.7 Å². The van der Waals surface area contributed by atoms with Gasteiger partial charge in [-0.3, -0.25) is 4.79 Å². The highest BCUT2D eigenvalue weighted by atomic mass is 35.5. The Morgan fingerprint density at radius 2 is 1.76 bits per heavy atom. The number of alkyl halides is 3. The largest absolute Gasteiger partial charge is 0.452 e. The minimum Gasteiger partial charge on any atom is -0.452 e. The Hall–Kier alpha value is -4.37. The Kier molecular flexibility index (Phi) is 7.97. The fraction of sp³-hybridized carbons (Fsp3) is 0.107. The van der Waals surface area contributed by atoms with Gasteiger partial charge in [-0.1, -0.05) is 59.6 Å². The Balaban J connectivity index is 1.46. The first kappa shape index (κ1) is 26.7. The summed E-state index contributed by atoms with van der Waals surface area (Å²) in [6, 6.07) is 19.7. The zero-order valence-electron chi connectivity index (χ0n) is 20.0. The standard InChI is InChI=1S/C28H21ClF3N3O3/c1-18-7-9-19(10-8-18)27-20(16-35(34-27)22-5-3-2-4-6-22)11-14-26(37)38-17-25(36)33-24-15-21(28(30,31)32)12-13-23(24)29/h2-16H,17H2,1H3,(H,33,36)/b14-11+. The number of rotatable bonds is 7. The number of halogens is 4. The first-order valence-corrected chi connectivity index (χ1v) is 11.7. The average molecular weight is 540 g/mol. The molecule has 3 aromatic carbocycles. The normalized spacial score (nSPS) is 11.5. The van der Waals surface area contributed by atoms with E-state index in [1.807, 2.05) is 61.5 Å². The molecular formula is C28H21ClF3N3O3. The number of aryl methyl sites for hydroxylation is 1. The lowest BCUT2D eigenvalue weighted by molar-refractivity contribution is -0.142. The van der Waals surface area contributed by atoms with Crippen molar-refractivity contribution in [2.75, 3.05) is 11.9 Å². The molecule has 4 rings (SSSR count). The topological polar surface area (TPSA) is 73.2 Å². The lowest BCUT2D eigenvalue weighted by Crippen LogP contribution is -2.20. The van der Waals surface area contributed by atoms with E-state index in [0.717, 1.165) is 35.0 Å². The Bertz CT molecular complexity index is 1480. The molecule has 4 aromatic rings. The van der Waals surface area contributed by atoms with Gasteiger partial charge in [0, 0.05) is 23.4 Å². The molecule has 0 atom stereocenters. The van der Waals surface area contributed by atoms with Crippen molar-refractivity contribution in [3.05, 3.63) is 107 Å². The van der Waals surface area contributed by atoms with Crippen LogP contribution in [0.4, 0.5) is 18.9 Å². The van der Waals surface area contributed by atoms with Gasteiger partial charge in [0.15, 0.2) is 6.61 Å². The van der Waals surface area contributed by atoms with E-state index in [4.69, 9.17) is 16.3 Å². The lowest BCUT2D eigenvalue weighted by atomic mass is 10.1. The molecule has 0 aliphatic heterocycles. The summed E-state index contributed by atoms with van der Waals surface area (Å²) in [5.41, 5.74) is 2.81. The number of para-hydroxylation sites is 1. The summed E-state index contributed by atoms with van der Waals surface area (Å²) >= 11 is 5.88. The third kappa shape index (κ3) is 6.68. The molecule has 38 heavy (non-hydrogen) atoms. The summed E-state index contributed by atoms with van der Waals surface area (Å²) in [6.07, 6.45) is -0.177. The predicted molar refractivity (Wildman–Crippen MR) is 139 cm³/mol. The summed E-state index contributed by atoms with van der Waals surface area (Å²) in [5.74, 6) is -1.66. The minimum absolute atomic E-state index is 0.0864. The van der Waals surface area contributed by atoms with E-state index in [1.54, 1.807) is 10.9 Å². The highest BCUT2D eigenvalue weighted by Crippen LogP contribution is 2.33. The number of hydrogen-bond acceptors (Lipinski definition) is 4. The van der Waals surface area contributed by atoms with Crippen molar-refractivity contribution in [3.63, 3.8) is 0 Å². The van der Waals surface area contributed by atoms with Crippen molar-refractivity contribution in [2.24, 2.45) is 0 Å². The molecule has 0 unspecified atom stereocenters. The van der Waals surface area contributed by atoms with Crippen LogP contribution in [0.3, 0.4) is 0 Å². The van der Waals surface area contributed by atoms with Gasteiger partial charge in [0.2, 0.25) is 0 Å². The fourth-order valence-corrected chi connectivity index (χ4v) is 3.65. The Labute approximate surface area is 221 Å². The second-order valence-electron chi connectivity index (χ2n) is 8.26. The van der Waals surface area contributed by atoms with Gasteiger partial charge < -0.3 is 10.1 Å². The number of hydrogen-bond donors (Lipinski definition) is 1. The SMILES string of the molecule is Cc1ccc(-c2nn(-c3ccccc3)cc2/C=C/C(=O)OCC(=O)Nc2cc(C(F)(F)F)ccc2Cl)cc1. The van der Waals surface area contributed by atoms with E-state index < -0.39 is 30.2 Å². The fourth-order valence-electron chi connectivity index (χ4n) is 3.48. The summed E-state index contributed by atoms with van der Waals surface area (Å²) in [5, 5.41) is 6.81.